The van der Waals surface area contributed by atoms with Gasteiger partial charge >= 0.3 is 17.9 Å². The van der Waals surface area contributed by atoms with Crippen LogP contribution in [0, 0.1) is 17.8 Å². The summed E-state index contributed by atoms with van der Waals surface area (Å²) < 4.78 is 16.7. The van der Waals surface area contributed by atoms with E-state index in [4.69, 9.17) is 14.2 Å². The van der Waals surface area contributed by atoms with Crippen LogP contribution in [0.1, 0.15) is 260 Å². The average molecular weight is 779 g/mol. The molecular weight excluding hydrogens is 685 g/mol. The fourth-order valence-electron chi connectivity index (χ4n) is 7.20. The Bertz CT molecular complexity index is 854. The number of hydrogen-bond donors (Lipinski definition) is 0. The lowest BCUT2D eigenvalue weighted by atomic mass is 10.00. The molecule has 6 nitrogen and oxygen atoms in total. The predicted octanol–water partition coefficient (Wildman–Crippen LogP) is 15.2. The summed E-state index contributed by atoms with van der Waals surface area (Å²) in [6.07, 6.45) is 38.2. The Hall–Kier alpha value is -1.59. The van der Waals surface area contributed by atoms with Crippen molar-refractivity contribution in [3.8, 4) is 0 Å². The Morgan fingerprint density at radius 1 is 0.364 bits per heavy atom. The SMILES string of the molecule is CCC(C)CCCCCCCCC(=O)OC[C@H](COC(=O)CCCCCCCCCCCCCCCCCC(C)C)OC(=O)CCCCCCCCC(C)C. The first-order chi connectivity index (χ1) is 26.6. The molecule has 0 aromatic rings. The summed E-state index contributed by atoms with van der Waals surface area (Å²) in [4.78, 5) is 37.7. The molecule has 1 unspecified atom stereocenters. The molecule has 0 aromatic heterocycles. The second-order valence-electron chi connectivity index (χ2n) is 17.9. The lowest BCUT2D eigenvalue weighted by molar-refractivity contribution is -0.167. The van der Waals surface area contributed by atoms with Gasteiger partial charge in [-0.1, -0.05) is 221 Å². The molecule has 0 radical (unpaired) electrons. The van der Waals surface area contributed by atoms with Crippen LogP contribution in [0.3, 0.4) is 0 Å². The molecule has 2 atom stereocenters. The Kier molecular flexibility index (Phi) is 39.4. The number of rotatable bonds is 42. The van der Waals surface area contributed by atoms with Crippen LogP contribution in [0.4, 0.5) is 0 Å². The number of hydrogen-bond acceptors (Lipinski definition) is 6. The molecule has 326 valence electrons. The van der Waals surface area contributed by atoms with Crippen molar-refractivity contribution in [3.05, 3.63) is 0 Å². The maximum atomic E-state index is 12.7. The molecule has 0 aliphatic carbocycles. The summed E-state index contributed by atoms with van der Waals surface area (Å²) in [6.45, 7) is 13.6. The Balaban J connectivity index is 4.23. The van der Waals surface area contributed by atoms with Crippen molar-refractivity contribution >= 4 is 17.9 Å². The molecule has 0 rings (SSSR count). The molecule has 0 aliphatic rings. The van der Waals surface area contributed by atoms with E-state index in [2.05, 4.69) is 41.5 Å². The van der Waals surface area contributed by atoms with Crippen LogP contribution in [0.2, 0.25) is 0 Å². The fraction of sp³-hybridized carbons (Fsp3) is 0.939. The molecule has 55 heavy (non-hydrogen) atoms. The molecule has 0 aromatic carbocycles. The monoisotopic (exact) mass is 779 g/mol. The van der Waals surface area contributed by atoms with E-state index >= 15 is 0 Å². The maximum absolute atomic E-state index is 12.7. The van der Waals surface area contributed by atoms with Gasteiger partial charge in [-0.05, 0) is 37.0 Å². The number of carbonyl (C=O) groups is 3. The molecule has 0 fully saturated rings. The Morgan fingerprint density at radius 3 is 0.945 bits per heavy atom. The summed E-state index contributed by atoms with van der Waals surface area (Å²) in [5.74, 6) is 1.56. The maximum Gasteiger partial charge on any atom is 0.306 e. The van der Waals surface area contributed by atoms with Crippen LogP contribution in [0.25, 0.3) is 0 Å². The van der Waals surface area contributed by atoms with Gasteiger partial charge < -0.3 is 14.2 Å². The van der Waals surface area contributed by atoms with Crippen LogP contribution in [-0.2, 0) is 28.6 Å². The molecule has 0 amide bonds. The van der Waals surface area contributed by atoms with Gasteiger partial charge in [0, 0.05) is 19.3 Å². The summed E-state index contributed by atoms with van der Waals surface area (Å²) in [5, 5.41) is 0. The van der Waals surface area contributed by atoms with Gasteiger partial charge in [0.1, 0.15) is 13.2 Å². The van der Waals surface area contributed by atoms with Gasteiger partial charge in [0.15, 0.2) is 6.10 Å². The van der Waals surface area contributed by atoms with Gasteiger partial charge in [-0.3, -0.25) is 14.4 Å². The topological polar surface area (TPSA) is 78.9 Å². The minimum Gasteiger partial charge on any atom is -0.462 e. The first-order valence-corrected chi connectivity index (χ1v) is 24.1. The van der Waals surface area contributed by atoms with E-state index in [1.54, 1.807) is 0 Å². The molecular formula is C49H94O6. The minimum atomic E-state index is -0.762. The highest BCUT2D eigenvalue weighted by Gasteiger charge is 2.19. The first kappa shape index (κ1) is 53.4. The summed E-state index contributed by atoms with van der Waals surface area (Å²) in [5.41, 5.74) is 0. The minimum absolute atomic E-state index is 0.0668. The standard InChI is InChI=1S/C49H94O6/c1-7-45(6)37-31-25-20-22-27-33-39-48(51)54-42-46(55-49(52)40-34-28-21-19-24-30-36-44(4)5)41-53-47(50)38-32-26-18-16-14-12-10-8-9-11-13-15-17-23-29-35-43(2)3/h43-46H,7-42H2,1-6H3/t45?,46-/m0/s1. The lowest BCUT2D eigenvalue weighted by Gasteiger charge is -2.18. The quantitative estimate of drug-likeness (QED) is 0.0349. The normalized spacial score (nSPS) is 12.7. The van der Waals surface area contributed by atoms with Gasteiger partial charge in [0.05, 0.1) is 0 Å². The highest BCUT2D eigenvalue weighted by molar-refractivity contribution is 5.71. The van der Waals surface area contributed by atoms with E-state index in [-0.39, 0.29) is 31.1 Å². The lowest BCUT2D eigenvalue weighted by Crippen LogP contribution is -2.30. The van der Waals surface area contributed by atoms with Crippen LogP contribution in [0.5, 0.6) is 0 Å². The zero-order chi connectivity index (χ0) is 40.6. The number of unbranched alkanes of at least 4 members (excludes halogenated alkanes) is 24. The number of carbonyl (C=O) groups excluding carboxylic acids is 3. The van der Waals surface area contributed by atoms with Gasteiger partial charge in [0.25, 0.3) is 0 Å². The highest BCUT2D eigenvalue weighted by atomic mass is 16.6. The van der Waals surface area contributed by atoms with E-state index in [1.807, 2.05) is 0 Å². The molecule has 0 N–H and O–H groups in total. The van der Waals surface area contributed by atoms with Gasteiger partial charge in [0.2, 0.25) is 0 Å². The van der Waals surface area contributed by atoms with E-state index in [0.717, 1.165) is 75.5 Å². The summed E-state index contributed by atoms with van der Waals surface area (Å²) in [6, 6.07) is 0. The van der Waals surface area contributed by atoms with Crippen LogP contribution in [-0.4, -0.2) is 37.2 Å². The molecule has 0 heterocycles. The van der Waals surface area contributed by atoms with Crippen LogP contribution >= 0.6 is 0 Å². The average Bonchev–Trinajstić information content (AvgIpc) is 3.15. The third kappa shape index (κ3) is 41.9. The third-order valence-electron chi connectivity index (χ3n) is 11.3. The predicted molar refractivity (Wildman–Crippen MR) is 233 cm³/mol. The third-order valence-corrected chi connectivity index (χ3v) is 11.3. The zero-order valence-electron chi connectivity index (χ0n) is 37.7. The molecule has 0 spiro atoms. The second kappa shape index (κ2) is 40.6. The van der Waals surface area contributed by atoms with E-state index in [0.29, 0.717) is 19.3 Å². The fourth-order valence-corrected chi connectivity index (χ4v) is 7.20. The first-order valence-electron chi connectivity index (χ1n) is 24.1. The van der Waals surface area contributed by atoms with Gasteiger partial charge in [-0.15, -0.1) is 0 Å². The van der Waals surface area contributed by atoms with E-state index in [1.165, 1.54) is 141 Å². The van der Waals surface area contributed by atoms with Crippen molar-refractivity contribution < 1.29 is 28.6 Å². The number of esters is 3. The van der Waals surface area contributed by atoms with Crippen molar-refractivity contribution in [1.29, 1.82) is 0 Å². The summed E-state index contributed by atoms with van der Waals surface area (Å²) >= 11 is 0. The van der Waals surface area contributed by atoms with E-state index < -0.39 is 6.10 Å². The van der Waals surface area contributed by atoms with Crippen LogP contribution < -0.4 is 0 Å². The van der Waals surface area contributed by atoms with Crippen molar-refractivity contribution in [2.24, 2.45) is 17.8 Å². The Morgan fingerprint density at radius 2 is 0.636 bits per heavy atom. The van der Waals surface area contributed by atoms with Gasteiger partial charge in [-0.25, -0.2) is 0 Å². The smallest absolute Gasteiger partial charge is 0.306 e. The Labute approximate surface area is 342 Å². The molecule has 6 heteroatoms. The van der Waals surface area contributed by atoms with Crippen molar-refractivity contribution in [2.45, 2.75) is 266 Å². The highest BCUT2D eigenvalue weighted by Crippen LogP contribution is 2.17. The van der Waals surface area contributed by atoms with Crippen molar-refractivity contribution in [1.82, 2.24) is 0 Å². The second-order valence-corrected chi connectivity index (χ2v) is 17.9. The molecule has 0 aliphatic heterocycles. The molecule has 0 saturated heterocycles. The molecule has 0 saturated carbocycles. The van der Waals surface area contributed by atoms with Crippen LogP contribution in [0.15, 0.2) is 0 Å². The van der Waals surface area contributed by atoms with Crippen molar-refractivity contribution in [2.75, 3.05) is 13.2 Å². The zero-order valence-corrected chi connectivity index (χ0v) is 37.7. The number of ether oxygens (including phenoxy) is 3. The van der Waals surface area contributed by atoms with Crippen molar-refractivity contribution in [3.63, 3.8) is 0 Å². The largest absolute Gasteiger partial charge is 0.462 e. The summed E-state index contributed by atoms with van der Waals surface area (Å²) in [7, 11) is 0. The van der Waals surface area contributed by atoms with E-state index in [9.17, 15) is 14.4 Å². The van der Waals surface area contributed by atoms with Gasteiger partial charge in [-0.2, -0.15) is 0 Å². The molecule has 0 bridgehead atoms.